The van der Waals surface area contributed by atoms with Crippen molar-refractivity contribution in [3.8, 4) is 11.5 Å². The Kier molecular flexibility index (Phi) is 5.42. The Bertz CT molecular complexity index is 755. The summed E-state index contributed by atoms with van der Waals surface area (Å²) in [4.78, 5) is 23.1. The lowest BCUT2D eigenvalue weighted by atomic mass is 10.1. The summed E-state index contributed by atoms with van der Waals surface area (Å²) in [5.74, 6) is -0.939. The monoisotopic (exact) mass is 329 g/mol. The number of aromatic carboxylic acids is 1. The van der Waals surface area contributed by atoms with Crippen molar-refractivity contribution in [3.63, 3.8) is 0 Å². The second kappa shape index (κ2) is 7.50. The molecule has 1 amide bonds. The van der Waals surface area contributed by atoms with Gasteiger partial charge in [-0.25, -0.2) is 4.79 Å². The Labute approximate surface area is 139 Å². The summed E-state index contributed by atoms with van der Waals surface area (Å²) in [7, 11) is 0. The SMILES string of the molecule is CC(C)COc1cccc(C(=O)Nc2ccc(C(=O)O)cc2O)c1. The van der Waals surface area contributed by atoms with Crippen LogP contribution in [0.25, 0.3) is 0 Å². The largest absolute Gasteiger partial charge is 0.506 e. The van der Waals surface area contributed by atoms with Crippen LogP contribution in [0.3, 0.4) is 0 Å². The fourth-order valence-corrected chi connectivity index (χ4v) is 1.95. The normalized spacial score (nSPS) is 10.5. The van der Waals surface area contributed by atoms with Crippen molar-refractivity contribution < 1.29 is 24.5 Å². The predicted molar refractivity (Wildman–Crippen MR) is 89.8 cm³/mol. The summed E-state index contributed by atoms with van der Waals surface area (Å²) in [5, 5.41) is 21.2. The topological polar surface area (TPSA) is 95.9 Å². The van der Waals surface area contributed by atoms with E-state index in [-0.39, 0.29) is 17.0 Å². The number of carboxylic acids is 1. The zero-order valence-electron chi connectivity index (χ0n) is 13.4. The van der Waals surface area contributed by atoms with Crippen molar-refractivity contribution in [1.29, 1.82) is 0 Å². The molecular weight excluding hydrogens is 310 g/mol. The Balaban J connectivity index is 2.12. The van der Waals surface area contributed by atoms with E-state index in [1.807, 2.05) is 13.8 Å². The molecule has 0 bridgehead atoms. The number of amides is 1. The van der Waals surface area contributed by atoms with Gasteiger partial charge in [-0.3, -0.25) is 4.79 Å². The highest BCUT2D eigenvalue weighted by atomic mass is 16.5. The summed E-state index contributed by atoms with van der Waals surface area (Å²) in [5.41, 5.74) is 0.450. The molecule has 2 aromatic rings. The molecule has 2 rings (SSSR count). The van der Waals surface area contributed by atoms with Gasteiger partial charge in [0.2, 0.25) is 0 Å². The molecule has 6 nitrogen and oxygen atoms in total. The highest BCUT2D eigenvalue weighted by Gasteiger charge is 2.12. The van der Waals surface area contributed by atoms with Crippen LogP contribution in [0.15, 0.2) is 42.5 Å². The molecule has 3 N–H and O–H groups in total. The molecule has 0 unspecified atom stereocenters. The van der Waals surface area contributed by atoms with Gasteiger partial charge in [0, 0.05) is 5.56 Å². The molecule has 0 saturated carbocycles. The van der Waals surface area contributed by atoms with Crippen LogP contribution in [0.4, 0.5) is 5.69 Å². The van der Waals surface area contributed by atoms with Gasteiger partial charge >= 0.3 is 5.97 Å². The summed E-state index contributed by atoms with van der Waals surface area (Å²) in [6.45, 7) is 4.60. The third-order valence-electron chi connectivity index (χ3n) is 3.17. The van der Waals surface area contributed by atoms with Gasteiger partial charge in [0.25, 0.3) is 5.91 Å². The number of hydrogen-bond donors (Lipinski definition) is 3. The fourth-order valence-electron chi connectivity index (χ4n) is 1.95. The van der Waals surface area contributed by atoms with Gasteiger partial charge in [0.1, 0.15) is 11.5 Å². The second-order valence-corrected chi connectivity index (χ2v) is 5.72. The number of hydrogen-bond acceptors (Lipinski definition) is 4. The van der Waals surface area contributed by atoms with Crippen molar-refractivity contribution in [2.75, 3.05) is 11.9 Å². The maximum atomic E-state index is 12.3. The van der Waals surface area contributed by atoms with Crippen LogP contribution in [0.1, 0.15) is 34.6 Å². The van der Waals surface area contributed by atoms with E-state index in [1.165, 1.54) is 12.1 Å². The lowest BCUT2D eigenvalue weighted by molar-refractivity contribution is 0.0696. The van der Waals surface area contributed by atoms with Crippen LogP contribution < -0.4 is 10.1 Å². The van der Waals surface area contributed by atoms with E-state index >= 15 is 0 Å². The Morgan fingerprint density at radius 3 is 2.50 bits per heavy atom. The molecule has 24 heavy (non-hydrogen) atoms. The number of carbonyl (C=O) groups excluding carboxylic acids is 1. The average molecular weight is 329 g/mol. The summed E-state index contributed by atoms with van der Waals surface area (Å²) >= 11 is 0. The highest BCUT2D eigenvalue weighted by molar-refractivity contribution is 6.05. The number of phenolic OH excluding ortho intramolecular Hbond substituents is 1. The number of carbonyl (C=O) groups is 2. The molecule has 0 aromatic heterocycles. The minimum Gasteiger partial charge on any atom is -0.506 e. The third kappa shape index (κ3) is 4.49. The molecule has 0 heterocycles. The Morgan fingerprint density at radius 1 is 1.12 bits per heavy atom. The summed E-state index contributed by atoms with van der Waals surface area (Å²) in [6.07, 6.45) is 0. The van der Waals surface area contributed by atoms with Crippen LogP contribution in [-0.2, 0) is 0 Å². The number of carboxylic acid groups (broad SMARTS) is 1. The Hall–Kier alpha value is -3.02. The second-order valence-electron chi connectivity index (χ2n) is 5.72. The van der Waals surface area contributed by atoms with Crippen LogP contribution in [-0.4, -0.2) is 28.7 Å². The maximum Gasteiger partial charge on any atom is 0.335 e. The number of aromatic hydroxyl groups is 1. The van der Waals surface area contributed by atoms with Crippen molar-refractivity contribution in [3.05, 3.63) is 53.6 Å². The Morgan fingerprint density at radius 2 is 1.88 bits per heavy atom. The first-order chi connectivity index (χ1) is 11.4. The number of anilines is 1. The van der Waals surface area contributed by atoms with Gasteiger partial charge in [-0.2, -0.15) is 0 Å². The first-order valence-electron chi connectivity index (χ1n) is 7.47. The molecule has 6 heteroatoms. The van der Waals surface area contributed by atoms with E-state index < -0.39 is 11.9 Å². The van der Waals surface area contributed by atoms with E-state index in [0.29, 0.717) is 23.8 Å². The first kappa shape index (κ1) is 17.3. The number of phenols is 1. The molecule has 0 aliphatic rings. The smallest absolute Gasteiger partial charge is 0.335 e. The van der Waals surface area contributed by atoms with Gasteiger partial charge in [0.05, 0.1) is 17.9 Å². The van der Waals surface area contributed by atoms with Gasteiger partial charge in [-0.05, 0) is 42.3 Å². The van der Waals surface area contributed by atoms with E-state index in [4.69, 9.17) is 9.84 Å². The standard InChI is InChI=1S/C18H19NO5/c1-11(2)10-24-14-5-3-4-12(8-14)17(21)19-15-7-6-13(18(22)23)9-16(15)20/h3-9,11,20H,10H2,1-2H3,(H,19,21)(H,22,23). The molecule has 0 aliphatic carbocycles. The molecule has 0 aliphatic heterocycles. The number of benzene rings is 2. The summed E-state index contributed by atoms with van der Waals surface area (Å²) in [6, 6.07) is 10.4. The number of rotatable bonds is 6. The predicted octanol–water partition coefficient (Wildman–Crippen LogP) is 3.38. The minimum atomic E-state index is -1.15. The lowest BCUT2D eigenvalue weighted by Crippen LogP contribution is -2.13. The van der Waals surface area contributed by atoms with Gasteiger partial charge < -0.3 is 20.3 Å². The van der Waals surface area contributed by atoms with Crippen LogP contribution in [0.2, 0.25) is 0 Å². The number of nitrogens with one attached hydrogen (secondary N) is 1. The van der Waals surface area contributed by atoms with Gasteiger partial charge in [0.15, 0.2) is 0 Å². The highest BCUT2D eigenvalue weighted by Crippen LogP contribution is 2.25. The van der Waals surface area contributed by atoms with E-state index in [1.54, 1.807) is 24.3 Å². The third-order valence-corrected chi connectivity index (χ3v) is 3.17. The fraction of sp³-hybridized carbons (Fsp3) is 0.222. The van der Waals surface area contributed by atoms with E-state index in [2.05, 4.69) is 5.32 Å². The van der Waals surface area contributed by atoms with Gasteiger partial charge in [-0.15, -0.1) is 0 Å². The van der Waals surface area contributed by atoms with Crippen LogP contribution >= 0.6 is 0 Å². The minimum absolute atomic E-state index is 0.0606. The molecule has 0 fully saturated rings. The average Bonchev–Trinajstić information content (AvgIpc) is 2.54. The lowest BCUT2D eigenvalue weighted by Gasteiger charge is -2.11. The van der Waals surface area contributed by atoms with Crippen molar-refractivity contribution in [2.24, 2.45) is 5.92 Å². The molecule has 0 saturated heterocycles. The van der Waals surface area contributed by atoms with E-state index in [9.17, 15) is 14.7 Å². The zero-order valence-corrected chi connectivity index (χ0v) is 13.4. The molecule has 0 spiro atoms. The van der Waals surface area contributed by atoms with Crippen molar-refractivity contribution in [2.45, 2.75) is 13.8 Å². The molecular formula is C18H19NO5. The molecule has 126 valence electrons. The maximum absolute atomic E-state index is 12.3. The molecule has 0 atom stereocenters. The number of ether oxygens (including phenoxy) is 1. The van der Waals surface area contributed by atoms with Gasteiger partial charge in [-0.1, -0.05) is 19.9 Å². The first-order valence-corrected chi connectivity index (χ1v) is 7.47. The van der Waals surface area contributed by atoms with Crippen LogP contribution in [0.5, 0.6) is 11.5 Å². The van der Waals surface area contributed by atoms with E-state index in [0.717, 1.165) is 6.07 Å². The quantitative estimate of drug-likeness (QED) is 0.706. The van der Waals surface area contributed by atoms with Crippen LogP contribution in [0, 0.1) is 5.92 Å². The summed E-state index contributed by atoms with van der Waals surface area (Å²) < 4.78 is 5.58. The van der Waals surface area contributed by atoms with Crippen molar-refractivity contribution in [1.82, 2.24) is 0 Å². The molecule has 0 radical (unpaired) electrons. The zero-order chi connectivity index (χ0) is 17.7. The van der Waals surface area contributed by atoms with Crippen molar-refractivity contribution >= 4 is 17.6 Å². The molecule has 2 aromatic carbocycles.